The van der Waals surface area contributed by atoms with Crippen LogP contribution in [0.2, 0.25) is 0 Å². The van der Waals surface area contributed by atoms with Crippen molar-refractivity contribution >= 4 is 26.9 Å². The minimum atomic E-state index is -3.47. The fourth-order valence-corrected chi connectivity index (χ4v) is 2.20. The summed E-state index contributed by atoms with van der Waals surface area (Å²) >= 11 is 0. The van der Waals surface area contributed by atoms with Crippen LogP contribution in [0, 0.1) is 5.82 Å². The van der Waals surface area contributed by atoms with E-state index in [4.69, 9.17) is 5.11 Å². The fourth-order valence-electron chi connectivity index (χ4n) is 1.79. The van der Waals surface area contributed by atoms with Gasteiger partial charge in [-0.2, -0.15) is 0 Å². The number of aromatic carboxylic acids is 1. The Morgan fingerprint density at radius 2 is 2.16 bits per heavy atom. The topological polar surface area (TPSA) is 99.3 Å². The first-order valence-electron chi connectivity index (χ1n) is 5.26. The molecule has 0 spiro atoms. The number of aromatic amines is 1. The summed E-state index contributed by atoms with van der Waals surface area (Å²) in [7, 11) is -3.47. The van der Waals surface area contributed by atoms with Crippen molar-refractivity contribution in [2.75, 3.05) is 6.26 Å². The molecule has 0 aliphatic rings. The largest absolute Gasteiger partial charge is 0.477 e. The van der Waals surface area contributed by atoms with E-state index in [2.05, 4.69) is 9.71 Å². The quantitative estimate of drug-likeness (QED) is 0.782. The van der Waals surface area contributed by atoms with Crippen LogP contribution in [0.25, 0.3) is 10.9 Å². The van der Waals surface area contributed by atoms with Gasteiger partial charge in [0.25, 0.3) is 0 Å². The van der Waals surface area contributed by atoms with E-state index in [0.29, 0.717) is 10.9 Å². The molecule has 8 heteroatoms. The molecule has 1 aromatic carbocycles. The lowest BCUT2D eigenvalue weighted by atomic mass is 10.1. The SMILES string of the molecule is CS(=O)(=O)NCc1c(C(=O)O)[nH]c2ccc(F)cc12. The predicted octanol–water partition coefficient (Wildman–Crippen LogP) is 1.05. The van der Waals surface area contributed by atoms with E-state index in [-0.39, 0.29) is 17.8 Å². The average Bonchev–Trinajstić information content (AvgIpc) is 2.63. The van der Waals surface area contributed by atoms with Crippen molar-refractivity contribution in [2.45, 2.75) is 6.54 Å². The third-order valence-electron chi connectivity index (χ3n) is 2.59. The summed E-state index contributed by atoms with van der Waals surface area (Å²) in [5, 5.41) is 9.40. The molecule has 1 heterocycles. The number of carbonyl (C=O) groups is 1. The van der Waals surface area contributed by atoms with Crippen LogP contribution in [-0.2, 0) is 16.6 Å². The molecule has 0 fully saturated rings. The number of hydrogen-bond donors (Lipinski definition) is 3. The Kier molecular flexibility index (Phi) is 3.29. The van der Waals surface area contributed by atoms with Crippen LogP contribution in [0.15, 0.2) is 18.2 Å². The molecule has 6 nitrogen and oxygen atoms in total. The number of aromatic nitrogens is 1. The standard InChI is InChI=1S/C11H11FN2O4S/c1-19(17,18)13-5-8-7-4-6(12)2-3-9(7)14-10(8)11(15)16/h2-4,13-14H,5H2,1H3,(H,15,16). The highest BCUT2D eigenvalue weighted by Crippen LogP contribution is 2.23. The number of sulfonamides is 1. The number of halogens is 1. The molecule has 19 heavy (non-hydrogen) atoms. The first-order valence-corrected chi connectivity index (χ1v) is 7.15. The van der Waals surface area contributed by atoms with Crippen molar-refractivity contribution in [2.24, 2.45) is 0 Å². The van der Waals surface area contributed by atoms with Gasteiger partial charge in [-0.1, -0.05) is 0 Å². The molecule has 0 saturated heterocycles. The number of H-pyrrole nitrogens is 1. The monoisotopic (exact) mass is 286 g/mol. The summed E-state index contributed by atoms with van der Waals surface area (Å²) in [4.78, 5) is 13.7. The lowest BCUT2D eigenvalue weighted by Gasteiger charge is -2.03. The lowest BCUT2D eigenvalue weighted by Crippen LogP contribution is -2.22. The van der Waals surface area contributed by atoms with E-state index in [1.54, 1.807) is 0 Å². The van der Waals surface area contributed by atoms with Crippen LogP contribution in [0.5, 0.6) is 0 Å². The number of nitrogens with one attached hydrogen (secondary N) is 2. The first-order chi connectivity index (χ1) is 8.78. The van der Waals surface area contributed by atoms with Crippen LogP contribution >= 0.6 is 0 Å². The Labute approximate surface area is 108 Å². The van der Waals surface area contributed by atoms with Crippen molar-refractivity contribution in [3.8, 4) is 0 Å². The molecular formula is C11H11FN2O4S. The van der Waals surface area contributed by atoms with Gasteiger partial charge in [-0.25, -0.2) is 22.3 Å². The summed E-state index contributed by atoms with van der Waals surface area (Å²) in [5.74, 6) is -1.76. The highest BCUT2D eigenvalue weighted by Gasteiger charge is 2.18. The zero-order valence-electron chi connectivity index (χ0n) is 9.90. The van der Waals surface area contributed by atoms with Gasteiger partial charge in [0.2, 0.25) is 10.0 Å². The third-order valence-corrected chi connectivity index (χ3v) is 3.26. The summed E-state index contributed by atoms with van der Waals surface area (Å²) < 4.78 is 37.5. The Balaban J connectivity index is 2.57. The van der Waals surface area contributed by atoms with E-state index < -0.39 is 21.8 Å². The molecule has 3 N–H and O–H groups in total. The maximum atomic E-state index is 13.2. The first kappa shape index (κ1) is 13.5. The van der Waals surface area contributed by atoms with Gasteiger partial charge in [-0.3, -0.25) is 0 Å². The summed E-state index contributed by atoms with van der Waals surface area (Å²) in [6.45, 7) is -0.218. The number of carboxylic acid groups (broad SMARTS) is 1. The second-order valence-electron chi connectivity index (χ2n) is 4.07. The average molecular weight is 286 g/mol. The number of rotatable bonds is 4. The van der Waals surface area contributed by atoms with E-state index in [1.165, 1.54) is 12.1 Å². The van der Waals surface area contributed by atoms with Crippen molar-refractivity contribution < 1.29 is 22.7 Å². The van der Waals surface area contributed by atoms with Gasteiger partial charge in [0.15, 0.2) is 0 Å². The minimum Gasteiger partial charge on any atom is -0.477 e. The van der Waals surface area contributed by atoms with Gasteiger partial charge in [0.05, 0.1) is 6.26 Å². The van der Waals surface area contributed by atoms with Gasteiger partial charge >= 0.3 is 5.97 Å². The molecule has 0 radical (unpaired) electrons. The Bertz CT molecular complexity index is 751. The summed E-state index contributed by atoms with van der Waals surface area (Å²) in [6.07, 6.45) is 0.961. The number of fused-ring (bicyclic) bond motifs is 1. The van der Waals surface area contributed by atoms with Gasteiger partial charge in [-0.15, -0.1) is 0 Å². The van der Waals surface area contributed by atoms with Crippen molar-refractivity contribution in [3.05, 3.63) is 35.3 Å². The molecule has 0 aliphatic heterocycles. The van der Waals surface area contributed by atoms with Crippen LogP contribution < -0.4 is 4.72 Å². The predicted molar refractivity (Wildman–Crippen MR) is 66.9 cm³/mol. The van der Waals surface area contributed by atoms with Crippen LogP contribution in [0.3, 0.4) is 0 Å². The Hall–Kier alpha value is -1.93. The second-order valence-corrected chi connectivity index (χ2v) is 5.90. The normalized spacial score (nSPS) is 11.9. The van der Waals surface area contributed by atoms with E-state index in [9.17, 15) is 17.6 Å². The molecule has 0 atom stereocenters. The highest BCUT2D eigenvalue weighted by atomic mass is 32.2. The molecule has 102 valence electrons. The molecule has 2 aromatic rings. The molecule has 0 aliphatic carbocycles. The van der Waals surface area contributed by atoms with E-state index >= 15 is 0 Å². The second kappa shape index (κ2) is 4.63. The Morgan fingerprint density at radius 3 is 2.74 bits per heavy atom. The number of hydrogen-bond acceptors (Lipinski definition) is 3. The van der Waals surface area contributed by atoms with Crippen molar-refractivity contribution in [1.82, 2.24) is 9.71 Å². The molecule has 0 bridgehead atoms. The van der Waals surface area contributed by atoms with Crippen molar-refractivity contribution in [3.63, 3.8) is 0 Å². The molecule has 1 aromatic heterocycles. The van der Waals surface area contributed by atoms with Gasteiger partial charge in [0.1, 0.15) is 11.5 Å². The maximum Gasteiger partial charge on any atom is 0.352 e. The molecule has 0 saturated carbocycles. The van der Waals surface area contributed by atoms with E-state index in [1.807, 2.05) is 0 Å². The zero-order chi connectivity index (χ0) is 14.2. The summed E-state index contributed by atoms with van der Waals surface area (Å²) in [6, 6.07) is 3.76. The van der Waals surface area contributed by atoms with Crippen LogP contribution in [0.1, 0.15) is 16.1 Å². The zero-order valence-corrected chi connectivity index (χ0v) is 10.7. The van der Waals surface area contributed by atoms with Gasteiger partial charge < -0.3 is 10.1 Å². The minimum absolute atomic E-state index is 0.156. The van der Waals surface area contributed by atoms with Crippen molar-refractivity contribution in [1.29, 1.82) is 0 Å². The number of benzene rings is 1. The van der Waals surface area contributed by atoms with Gasteiger partial charge in [-0.05, 0) is 18.2 Å². The molecular weight excluding hydrogens is 275 g/mol. The molecule has 0 amide bonds. The Morgan fingerprint density at radius 1 is 1.47 bits per heavy atom. The lowest BCUT2D eigenvalue weighted by molar-refractivity contribution is 0.0690. The fraction of sp³-hybridized carbons (Fsp3) is 0.182. The highest BCUT2D eigenvalue weighted by molar-refractivity contribution is 7.88. The number of carboxylic acids is 1. The van der Waals surface area contributed by atoms with Crippen LogP contribution in [-0.4, -0.2) is 30.7 Å². The third kappa shape index (κ3) is 2.91. The molecule has 2 rings (SSSR count). The maximum absolute atomic E-state index is 13.2. The van der Waals surface area contributed by atoms with Crippen LogP contribution in [0.4, 0.5) is 4.39 Å². The smallest absolute Gasteiger partial charge is 0.352 e. The van der Waals surface area contributed by atoms with E-state index in [0.717, 1.165) is 12.3 Å². The van der Waals surface area contributed by atoms with Gasteiger partial charge in [0, 0.05) is 23.0 Å². The molecule has 0 unspecified atom stereocenters. The summed E-state index contributed by atoms with van der Waals surface area (Å²) in [5.41, 5.74) is 0.480.